The van der Waals surface area contributed by atoms with Crippen LogP contribution >= 0.6 is 0 Å². The van der Waals surface area contributed by atoms with E-state index in [-0.39, 0.29) is 38.0 Å². The van der Waals surface area contributed by atoms with E-state index < -0.39 is 12.1 Å². The number of carbonyl (C=O) groups is 3. The quantitative estimate of drug-likeness (QED) is 0.0200. The van der Waals surface area contributed by atoms with Crippen molar-refractivity contribution in [1.29, 1.82) is 0 Å². The molecule has 0 bridgehead atoms. The SMILES string of the molecule is CC/C=C\C/C=C\C/C=C\CCCC(=O)OCC(COC(=O)CCCCCCC\C=C/C=C\C=C/C=C\C=C/CCC)OC(=O)CCC/C=C\C/C=C\C/C=C\C/C=C\CCCCC. The third kappa shape index (κ3) is 48.3. The van der Waals surface area contributed by atoms with E-state index in [1.807, 2.05) is 36.5 Å². The van der Waals surface area contributed by atoms with Crippen LogP contribution in [0.4, 0.5) is 0 Å². The molecule has 0 aromatic heterocycles. The van der Waals surface area contributed by atoms with Gasteiger partial charge in [-0.05, 0) is 103 Å². The Labute approximate surface area is 391 Å². The molecule has 0 N–H and O–H groups in total. The zero-order valence-electron chi connectivity index (χ0n) is 40.5. The van der Waals surface area contributed by atoms with E-state index in [0.717, 1.165) is 96.3 Å². The summed E-state index contributed by atoms with van der Waals surface area (Å²) in [5.74, 6) is -1.09. The van der Waals surface area contributed by atoms with Crippen LogP contribution < -0.4 is 0 Å². The molecule has 6 heteroatoms. The van der Waals surface area contributed by atoms with Crippen LogP contribution in [0.3, 0.4) is 0 Å². The van der Waals surface area contributed by atoms with E-state index in [0.29, 0.717) is 19.3 Å². The molecule has 0 aromatic rings. The molecule has 0 radical (unpaired) electrons. The van der Waals surface area contributed by atoms with E-state index >= 15 is 0 Å². The fourth-order valence-electron chi connectivity index (χ4n) is 5.96. The second-order valence-corrected chi connectivity index (χ2v) is 15.8. The monoisotopic (exact) mass is 881 g/mol. The number of unbranched alkanes of at least 4 members (excludes halogenated alkanes) is 11. The van der Waals surface area contributed by atoms with Gasteiger partial charge in [-0.15, -0.1) is 0 Å². The van der Waals surface area contributed by atoms with Crippen LogP contribution in [-0.4, -0.2) is 37.2 Å². The summed E-state index contributed by atoms with van der Waals surface area (Å²) < 4.78 is 16.6. The topological polar surface area (TPSA) is 78.9 Å². The van der Waals surface area contributed by atoms with E-state index in [4.69, 9.17) is 14.2 Å². The number of carbonyl (C=O) groups excluding carboxylic acids is 3. The molecule has 0 amide bonds. The summed E-state index contributed by atoms with van der Waals surface area (Å²) >= 11 is 0. The Hall–Kier alpha value is -4.71. The Morgan fingerprint density at radius 3 is 1.22 bits per heavy atom. The van der Waals surface area contributed by atoms with Gasteiger partial charge in [-0.2, -0.15) is 0 Å². The molecule has 6 nitrogen and oxygen atoms in total. The largest absolute Gasteiger partial charge is 0.462 e. The molecule has 0 heterocycles. The molecule has 0 aromatic carbocycles. The van der Waals surface area contributed by atoms with Crippen molar-refractivity contribution < 1.29 is 28.6 Å². The summed E-state index contributed by atoms with van der Waals surface area (Å²) in [6.45, 7) is 6.25. The van der Waals surface area contributed by atoms with Crippen LogP contribution in [0.2, 0.25) is 0 Å². The molecule has 0 spiro atoms. The zero-order valence-corrected chi connectivity index (χ0v) is 40.5. The first kappa shape index (κ1) is 59.3. The van der Waals surface area contributed by atoms with Crippen molar-refractivity contribution in [3.8, 4) is 0 Å². The lowest BCUT2D eigenvalue weighted by Gasteiger charge is -2.18. The molecule has 0 saturated carbocycles. The highest BCUT2D eigenvalue weighted by Crippen LogP contribution is 2.11. The van der Waals surface area contributed by atoms with Gasteiger partial charge < -0.3 is 14.2 Å². The zero-order chi connectivity index (χ0) is 46.5. The highest BCUT2D eigenvalue weighted by molar-refractivity contribution is 5.71. The summed E-state index contributed by atoms with van der Waals surface area (Å²) in [6.07, 6.45) is 72.7. The highest BCUT2D eigenvalue weighted by atomic mass is 16.6. The number of esters is 3. The Kier molecular flexibility index (Phi) is 47.2. The van der Waals surface area contributed by atoms with Gasteiger partial charge in [-0.1, -0.05) is 205 Å². The maximum Gasteiger partial charge on any atom is 0.306 e. The molecule has 0 aliphatic carbocycles. The van der Waals surface area contributed by atoms with Crippen LogP contribution in [0.1, 0.15) is 181 Å². The molecule has 1 unspecified atom stereocenters. The standard InChI is InChI=1S/C58H88O6/c1-4-7-10-13-16-19-22-24-26-28-30-31-33-36-39-42-45-48-51-57(60)63-54-55(53-62-56(59)50-47-44-41-38-35-21-18-15-12-9-6-3)64-58(61)52-49-46-43-40-37-34-32-29-27-25-23-20-17-14-11-8-5-2/h9-10,12-13,16-22,24-28,30-32,34,38,40-41,43,55H,4-8,11,14-15,23,29,33,35-37,39,42,44-54H2,1-3H3/b12-9-,13-10-,19-16-,20-17-,21-18-,24-22-,27-25-,28-26-,31-30-,34-32-,41-38-,43-40-. The van der Waals surface area contributed by atoms with Gasteiger partial charge in [-0.25, -0.2) is 0 Å². The first-order chi connectivity index (χ1) is 31.5. The van der Waals surface area contributed by atoms with E-state index in [1.165, 1.54) is 32.1 Å². The van der Waals surface area contributed by atoms with Crippen molar-refractivity contribution in [2.24, 2.45) is 0 Å². The van der Waals surface area contributed by atoms with Crippen molar-refractivity contribution in [3.05, 3.63) is 146 Å². The van der Waals surface area contributed by atoms with Gasteiger partial charge in [0.2, 0.25) is 0 Å². The van der Waals surface area contributed by atoms with Gasteiger partial charge in [0.1, 0.15) is 13.2 Å². The second-order valence-electron chi connectivity index (χ2n) is 15.8. The maximum atomic E-state index is 12.8. The third-order valence-corrected chi connectivity index (χ3v) is 9.66. The molecule has 0 aliphatic heterocycles. The van der Waals surface area contributed by atoms with Crippen molar-refractivity contribution in [2.45, 2.75) is 187 Å². The number of hydrogen-bond acceptors (Lipinski definition) is 6. The van der Waals surface area contributed by atoms with Gasteiger partial charge in [0.25, 0.3) is 0 Å². The Morgan fingerprint density at radius 1 is 0.344 bits per heavy atom. The summed E-state index contributed by atoms with van der Waals surface area (Å²) in [4.78, 5) is 37.9. The average molecular weight is 881 g/mol. The average Bonchev–Trinajstić information content (AvgIpc) is 3.29. The smallest absolute Gasteiger partial charge is 0.306 e. The van der Waals surface area contributed by atoms with Crippen molar-refractivity contribution in [2.75, 3.05) is 13.2 Å². The number of rotatable bonds is 42. The first-order valence-corrected chi connectivity index (χ1v) is 24.9. The Morgan fingerprint density at radius 2 is 0.719 bits per heavy atom. The molecule has 1 atom stereocenters. The minimum Gasteiger partial charge on any atom is -0.462 e. The van der Waals surface area contributed by atoms with Crippen molar-refractivity contribution >= 4 is 17.9 Å². The summed E-state index contributed by atoms with van der Waals surface area (Å²) in [7, 11) is 0. The predicted octanol–water partition coefficient (Wildman–Crippen LogP) is 16.5. The van der Waals surface area contributed by atoms with Gasteiger partial charge in [-0.3, -0.25) is 14.4 Å². The number of hydrogen-bond donors (Lipinski definition) is 0. The molecule has 0 fully saturated rings. The lowest BCUT2D eigenvalue weighted by atomic mass is 10.1. The van der Waals surface area contributed by atoms with Crippen molar-refractivity contribution in [1.82, 2.24) is 0 Å². The Balaban J connectivity index is 4.60. The minimum absolute atomic E-state index is 0.136. The first-order valence-electron chi connectivity index (χ1n) is 24.9. The van der Waals surface area contributed by atoms with Crippen LogP contribution in [-0.2, 0) is 28.6 Å². The highest BCUT2D eigenvalue weighted by Gasteiger charge is 2.19. The van der Waals surface area contributed by atoms with Gasteiger partial charge >= 0.3 is 17.9 Å². The lowest BCUT2D eigenvalue weighted by Crippen LogP contribution is -2.30. The molecular weight excluding hydrogens is 793 g/mol. The molecule has 356 valence electrons. The van der Waals surface area contributed by atoms with Crippen LogP contribution in [0.5, 0.6) is 0 Å². The summed E-state index contributed by atoms with van der Waals surface area (Å²) in [5.41, 5.74) is 0. The molecular formula is C58H88O6. The molecule has 0 rings (SSSR count). The minimum atomic E-state index is -0.843. The van der Waals surface area contributed by atoms with E-state index in [9.17, 15) is 14.4 Å². The normalized spacial score (nSPS) is 13.4. The fourth-order valence-corrected chi connectivity index (χ4v) is 5.96. The summed E-state index contributed by atoms with van der Waals surface area (Å²) in [5, 5.41) is 0. The third-order valence-electron chi connectivity index (χ3n) is 9.66. The van der Waals surface area contributed by atoms with Crippen LogP contribution in [0, 0.1) is 0 Å². The Bertz CT molecular complexity index is 1480. The van der Waals surface area contributed by atoms with Gasteiger partial charge in [0, 0.05) is 19.3 Å². The maximum absolute atomic E-state index is 12.8. The van der Waals surface area contributed by atoms with E-state index in [2.05, 4.69) is 130 Å². The lowest BCUT2D eigenvalue weighted by molar-refractivity contribution is -0.167. The van der Waals surface area contributed by atoms with E-state index in [1.54, 1.807) is 0 Å². The number of allylic oxidation sites excluding steroid dienone is 24. The van der Waals surface area contributed by atoms with Crippen molar-refractivity contribution in [3.63, 3.8) is 0 Å². The van der Waals surface area contributed by atoms with Crippen LogP contribution in [0.15, 0.2) is 146 Å². The predicted molar refractivity (Wildman–Crippen MR) is 274 cm³/mol. The fraction of sp³-hybridized carbons (Fsp3) is 0.534. The van der Waals surface area contributed by atoms with Crippen LogP contribution in [0.25, 0.3) is 0 Å². The summed E-state index contributed by atoms with van der Waals surface area (Å²) in [6, 6.07) is 0. The molecule has 0 aliphatic rings. The van der Waals surface area contributed by atoms with Gasteiger partial charge in [0.05, 0.1) is 0 Å². The number of ether oxygens (including phenoxy) is 3. The van der Waals surface area contributed by atoms with Gasteiger partial charge in [0.15, 0.2) is 6.10 Å². The molecule has 64 heavy (non-hydrogen) atoms. The molecule has 0 saturated heterocycles. The second kappa shape index (κ2) is 50.9.